The van der Waals surface area contributed by atoms with Crippen molar-refractivity contribution in [1.29, 1.82) is 0 Å². The molecule has 0 radical (unpaired) electrons. The van der Waals surface area contributed by atoms with Crippen molar-refractivity contribution in [2.75, 3.05) is 5.32 Å². The summed E-state index contributed by atoms with van der Waals surface area (Å²) in [5.74, 6) is -0.0889. The van der Waals surface area contributed by atoms with E-state index in [9.17, 15) is 9.18 Å². The molecule has 0 bridgehead atoms. The quantitative estimate of drug-likeness (QED) is 0.480. The summed E-state index contributed by atoms with van der Waals surface area (Å²) in [7, 11) is 0. The molecule has 6 heteroatoms. The number of rotatable bonds is 4. The van der Waals surface area contributed by atoms with Crippen LogP contribution in [0.3, 0.4) is 0 Å². The highest BCUT2D eigenvalue weighted by molar-refractivity contribution is 6.31. The van der Waals surface area contributed by atoms with Gasteiger partial charge in [0, 0.05) is 39.6 Å². The Kier molecular flexibility index (Phi) is 4.14. The highest BCUT2D eigenvalue weighted by Gasteiger charge is 2.18. The van der Waals surface area contributed by atoms with Gasteiger partial charge in [0.05, 0.1) is 5.56 Å². The van der Waals surface area contributed by atoms with Gasteiger partial charge in [-0.25, -0.2) is 9.37 Å². The average molecular weight is 366 g/mol. The number of fused-ring (bicyclic) bond motifs is 1. The van der Waals surface area contributed by atoms with Crippen LogP contribution in [-0.4, -0.2) is 15.8 Å². The average Bonchev–Trinajstić information content (AvgIpc) is 3.06. The molecule has 0 aliphatic carbocycles. The first kappa shape index (κ1) is 16.3. The van der Waals surface area contributed by atoms with Crippen LogP contribution in [-0.2, 0) is 0 Å². The van der Waals surface area contributed by atoms with Gasteiger partial charge in [0.25, 0.3) is 0 Å². The van der Waals surface area contributed by atoms with Gasteiger partial charge in [0.2, 0.25) is 0 Å². The fourth-order valence-corrected chi connectivity index (χ4v) is 2.96. The maximum atomic E-state index is 13.1. The van der Waals surface area contributed by atoms with Gasteiger partial charge in [-0.05, 0) is 48.5 Å². The first-order valence-corrected chi connectivity index (χ1v) is 8.28. The molecule has 4 rings (SSSR count). The van der Waals surface area contributed by atoms with E-state index in [2.05, 4.69) is 15.3 Å². The number of hydrogen-bond acceptors (Lipinski definition) is 3. The van der Waals surface area contributed by atoms with Crippen LogP contribution in [0.1, 0.15) is 15.9 Å². The molecule has 0 saturated carbocycles. The van der Waals surface area contributed by atoms with Crippen molar-refractivity contribution in [1.82, 2.24) is 9.97 Å². The summed E-state index contributed by atoms with van der Waals surface area (Å²) in [6, 6.07) is 14.6. The molecule has 4 nitrogen and oxygen atoms in total. The highest BCUT2D eigenvalue weighted by Crippen LogP contribution is 2.27. The molecule has 2 aromatic heterocycles. The molecule has 0 aliphatic heterocycles. The standard InChI is InChI=1S/C20H13ClFN3O/c21-12-3-8-15-17(11-24-18(15)10-12)19(26)16-2-1-9-23-20(16)25-14-6-4-13(22)5-7-14/h1-11,24H,(H,23,25). The Balaban J connectivity index is 1.73. The Morgan fingerprint density at radius 1 is 1.08 bits per heavy atom. The molecule has 0 aliphatic rings. The molecular weight excluding hydrogens is 353 g/mol. The molecule has 0 amide bonds. The summed E-state index contributed by atoms with van der Waals surface area (Å²) in [4.78, 5) is 20.4. The van der Waals surface area contributed by atoms with Crippen molar-refractivity contribution in [2.45, 2.75) is 0 Å². The largest absolute Gasteiger partial charge is 0.360 e. The number of hydrogen-bond donors (Lipinski definition) is 2. The summed E-state index contributed by atoms with van der Waals surface area (Å²) >= 11 is 6.00. The monoisotopic (exact) mass is 365 g/mol. The molecule has 0 spiro atoms. The van der Waals surface area contributed by atoms with E-state index in [0.717, 1.165) is 10.9 Å². The molecule has 0 atom stereocenters. The molecule has 2 heterocycles. The van der Waals surface area contributed by atoms with E-state index in [1.807, 2.05) is 6.07 Å². The van der Waals surface area contributed by atoms with Crippen LogP contribution >= 0.6 is 11.6 Å². The Hall–Kier alpha value is -3.18. The number of aromatic nitrogens is 2. The van der Waals surface area contributed by atoms with Gasteiger partial charge in [-0.3, -0.25) is 4.79 Å². The zero-order chi connectivity index (χ0) is 18.1. The Morgan fingerprint density at radius 3 is 2.69 bits per heavy atom. The Bertz CT molecular complexity index is 1110. The van der Waals surface area contributed by atoms with E-state index in [1.54, 1.807) is 48.8 Å². The maximum Gasteiger partial charge on any atom is 0.198 e. The minimum atomic E-state index is -0.328. The normalized spacial score (nSPS) is 10.8. The fourth-order valence-electron chi connectivity index (χ4n) is 2.79. The van der Waals surface area contributed by atoms with Gasteiger partial charge in [-0.15, -0.1) is 0 Å². The highest BCUT2D eigenvalue weighted by atomic mass is 35.5. The van der Waals surface area contributed by atoms with Crippen LogP contribution in [0.2, 0.25) is 5.02 Å². The Morgan fingerprint density at radius 2 is 1.88 bits per heavy atom. The molecular formula is C20H13ClFN3O. The summed E-state index contributed by atoms with van der Waals surface area (Å²) < 4.78 is 13.1. The lowest BCUT2D eigenvalue weighted by Crippen LogP contribution is -2.06. The molecule has 128 valence electrons. The molecule has 4 aromatic rings. The van der Waals surface area contributed by atoms with Gasteiger partial charge in [-0.1, -0.05) is 17.7 Å². The summed E-state index contributed by atoms with van der Waals surface area (Å²) in [6.45, 7) is 0. The van der Waals surface area contributed by atoms with Crippen molar-refractivity contribution < 1.29 is 9.18 Å². The lowest BCUT2D eigenvalue weighted by molar-refractivity contribution is 0.104. The number of nitrogens with zero attached hydrogens (tertiary/aromatic N) is 1. The number of halogens is 2. The third-order valence-electron chi connectivity index (χ3n) is 4.05. The van der Waals surface area contributed by atoms with E-state index in [4.69, 9.17) is 11.6 Å². The van der Waals surface area contributed by atoms with E-state index >= 15 is 0 Å². The zero-order valence-electron chi connectivity index (χ0n) is 13.5. The number of ketones is 1. The molecule has 0 saturated heterocycles. The fraction of sp³-hybridized carbons (Fsp3) is 0. The maximum absolute atomic E-state index is 13.1. The summed E-state index contributed by atoms with van der Waals surface area (Å²) in [5.41, 5.74) is 2.39. The van der Waals surface area contributed by atoms with Crippen molar-refractivity contribution in [3.8, 4) is 0 Å². The van der Waals surface area contributed by atoms with E-state index in [-0.39, 0.29) is 11.6 Å². The van der Waals surface area contributed by atoms with Gasteiger partial charge in [0.15, 0.2) is 5.78 Å². The van der Waals surface area contributed by atoms with Crippen LogP contribution in [0, 0.1) is 5.82 Å². The second kappa shape index (κ2) is 6.61. The van der Waals surface area contributed by atoms with Crippen molar-refractivity contribution in [3.63, 3.8) is 0 Å². The van der Waals surface area contributed by atoms with Gasteiger partial charge >= 0.3 is 0 Å². The first-order valence-electron chi connectivity index (χ1n) is 7.91. The molecule has 2 N–H and O–H groups in total. The summed E-state index contributed by atoms with van der Waals surface area (Å²) in [6.07, 6.45) is 3.26. The Labute approximate surface area is 153 Å². The minimum absolute atomic E-state index is 0.170. The number of carbonyl (C=O) groups excluding carboxylic acids is 1. The van der Waals surface area contributed by atoms with E-state index < -0.39 is 0 Å². The lowest BCUT2D eigenvalue weighted by atomic mass is 10.0. The van der Waals surface area contributed by atoms with Crippen molar-refractivity contribution in [3.05, 3.63) is 89.0 Å². The minimum Gasteiger partial charge on any atom is -0.360 e. The van der Waals surface area contributed by atoms with Crippen LogP contribution in [0.5, 0.6) is 0 Å². The van der Waals surface area contributed by atoms with Crippen molar-refractivity contribution >= 4 is 39.8 Å². The molecule has 0 fully saturated rings. The molecule has 2 aromatic carbocycles. The van der Waals surface area contributed by atoms with E-state index in [0.29, 0.717) is 27.7 Å². The zero-order valence-corrected chi connectivity index (χ0v) is 14.2. The number of nitrogens with one attached hydrogen (secondary N) is 2. The number of carbonyl (C=O) groups is 1. The van der Waals surface area contributed by atoms with Gasteiger partial charge < -0.3 is 10.3 Å². The predicted molar refractivity (Wildman–Crippen MR) is 101 cm³/mol. The van der Waals surface area contributed by atoms with Crippen LogP contribution < -0.4 is 5.32 Å². The number of H-pyrrole nitrogens is 1. The number of anilines is 2. The van der Waals surface area contributed by atoms with Gasteiger partial charge in [0.1, 0.15) is 11.6 Å². The van der Waals surface area contributed by atoms with Crippen molar-refractivity contribution in [2.24, 2.45) is 0 Å². The second-order valence-corrected chi connectivity index (χ2v) is 6.19. The number of aromatic amines is 1. The third kappa shape index (κ3) is 3.05. The first-order chi connectivity index (χ1) is 12.6. The molecule has 0 unspecified atom stereocenters. The lowest BCUT2D eigenvalue weighted by Gasteiger charge is -2.10. The topological polar surface area (TPSA) is 57.8 Å². The second-order valence-electron chi connectivity index (χ2n) is 5.75. The number of pyridine rings is 1. The summed E-state index contributed by atoms with van der Waals surface area (Å²) in [5, 5.41) is 4.45. The predicted octanol–water partition coefficient (Wildman–Crippen LogP) is 5.33. The number of benzene rings is 2. The smallest absolute Gasteiger partial charge is 0.198 e. The van der Waals surface area contributed by atoms with Gasteiger partial charge in [-0.2, -0.15) is 0 Å². The van der Waals surface area contributed by atoms with Crippen LogP contribution in [0.25, 0.3) is 10.9 Å². The SMILES string of the molecule is O=C(c1cccnc1Nc1ccc(F)cc1)c1c[nH]c2cc(Cl)ccc12. The van der Waals surface area contributed by atoms with E-state index in [1.165, 1.54) is 12.1 Å². The van der Waals surface area contributed by atoms with Crippen LogP contribution in [0.4, 0.5) is 15.9 Å². The van der Waals surface area contributed by atoms with Crippen LogP contribution in [0.15, 0.2) is 67.0 Å². The third-order valence-corrected chi connectivity index (χ3v) is 4.28. The molecule has 26 heavy (non-hydrogen) atoms.